The SMILES string of the molecule is CCCC(CBr)(CCC)CN(C)C1CCC(C)(C)CC1. The largest absolute Gasteiger partial charge is 0.303 e. The molecule has 120 valence electrons. The fourth-order valence-corrected chi connectivity index (χ4v) is 4.74. The van der Waals surface area contributed by atoms with E-state index in [9.17, 15) is 0 Å². The van der Waals surface area contributed by atoms with Gasteiger partial charge in [-0.2, -0.15) is 0 Å². The van der Waals surface area contributed by atoms with Crippen LogP contribution in [0.3, 0.4) is 0 Å². The van der Waals surface area contributed by atoms with Crippen LogP contribution in [0, 0.1) is 10.8 Å². The van der Waals surface area contributed by atoms with Crippen LogP contribution in [0.2, 0.25) is 0 Å². The Bertz CT molecular complexity index is 259. The summed E-state index contributed by atoms with van der Waals surface area (Å²) in [5.74, 6) is 0. The van der Waals surface area contributed by atoms with Crippen LogP contribution >= 0.6 is 15.9 Å². The normalized spacial score (nSPS) is 20.6. The summed E-state index contributed by atoms with van der Waals surface area (Å²) in [4.78, 5) is 2.68. The van der Waals surface area contributed by atoms with Crippen LogP contribution < -0.4 is 0 Å². The van der Waals surface area contributed by atoms with Crippen molar-refractivity contribution in [1.82, 2.24) is 4.90 Å². The van der Waals surface area contributed by atoms with Crippen molar-refractivity contribution in [3.8, 4) is 0 Å². The zero-order valence-electron chi connectivity index (χ0n) is 14.5. The number of nitrogens with zero attached hydrogens (tertiary/aromatic N) is 1. The predicted molar refractivity (Wildman–Crippen MR) is 94.7 cm³/mol. The Labute approximate surface area is 136 Å². The van der Waals surface area contributed by atoms with E-state index in [1.165, 1.54) is 57.9 Å². The minimum atomic E-state index is 0.491. The van der Waals surface area contributed by atoms with Gasteiger partial charge in [0.25, 0.3) is 0 Å². The molecule has 0 unspecified atom stereocenters. The monoisotopic (exact) mass is 345 g/mol. The Balaban J connectivity index is 2.59. The molecule has 0 bridgehead atoms. The summed E-state index contributed by atoms with van der Waals surface area (Å²) in [5.41, 5.74) is 1.07. The van der Waals surface area contributed by atoms with Gasteiger partial charge in [0.05, 0.1) is 0 Å². The van der Waals surface area contributed by atoms with Gasteiger partial charge in [0.2, 0.25) is 0 Å². The molecule has 0 N–H and O–H groups in total. The average molecular weight is 346 g/mol. The average Bonchev–Trinajstić information content (AvgIpc) is 2.39. The van der Waals surface area contributed by atoms with Gasteiger partial charge in [0.1, 0.15) is 0 Å². The first-order valence-corrected chi connectivity index (χ1v) is 9.76. The molecule has 1 aliphatic carbocycles. The molecule has 1 aliphatic rings. The van der Waals surface area contributed by atoms with Crippen LogP contribution in [0.5, 0.6) is 0 Å². The molecule has 0 aliphatic heterocycles. The number of halogens is 1. The number of alkyl halides is 1. The lowest BCUT2D eigenvalue weighted by atomic mass is 9.74. The van der Waals surface area contributed by atoms with Crippen molar-refractivity contribution in [2.24, 2.45) is 10.8 Å². The highest BCUT2D eigenvalue weighted by Gasteiger charge is 2.33. The van der Waals surface area contributed by atoms with Crippen molar-refractivity contribution >= 4 is 15.9 Å². The summed E-state index contributed by atoms with van der Waals surface area (Å²) in [6.45, 7) is 10.8. The molecular formula is C18H36BrN. The van der Waals surface area contributed by atoms with E-state index in [1.54, 1.807) is 0 Å². The molecule has 1 rings (SSSR count). The van der Waals surface area contributed by atoms with Crippen molar-refractivity contribution < 1.29 is 0 Å². The third kappa shape index (κ3) is 5.33. The smallest absolute Gasteiger partial charge is 0.0100 e. The van der Waals surface area contributed by atoms with E-state index in [1.807, 2.05) is 0 Å². The zero-order chi connectivity index (χ0) is 15.2. The first kappa shape index (κ1) is 18.5. The fraction of sp³-hybridized carbons (Fsp3) is 1.00. The lowest BCUT2D eigenvalue weighted by Crippen LogP contribution is -2.44. The predicted octanol–water partition coefficient (Wildman–Crippen LogP) is 5.87. The van der Waals surface area contributed by atoms with Gasteiger partial charge in [-0.25, -0.2) is 0 Å². The van der Waals surface area contributed by atoms with Crippen LogP contribution in [-0.2, 0) is 0 Å². The zero-order valence-corrected chi connectivity index (χ0v) is 16.1. The van der Waals surface area contributed by atoms with E-state index in [0.29, 0.717) is 10.8 Å². The Hall–Kier alpha value is 0.440. The topological polar surface area (TPSA) is 3.24 Å². The molecule has 1 nitrogen and oxygen atoms in total. The Morgan fingerprint density at radius 3 is 2.00 bits per heavy atom. The highest BCUT2D eigenvalue weighted by atomic mass is 79.9. The first-order chi connectivity index (χ1) is 9.38. The van der Waals surface area contributed by atoms with Crippen molar-refractivity contribution in [1.29, 1.82) is 0 Å². The number of hydrogen-bond acceptors (Lipinski definition) is 1. The fourth-order valence-electron chi connectivity index (χ4n) is 4.00. The molecule has 0 atom stereocenters. The minimum absolute atomic E-state index is 0.491. The second-order valence-electron chi connectivity index (χ2n) is 7.94. The molecule has 2 heteroatoms. The number of hydrogen-bond donors (Lipinski definition) is 0. The lowest BCUT2D eigenvalue weighted by Gasteiger charge is -2.43. The van der Waals surface area contributed by atoms with E-state index in [2.05, 4.69) is 55.6 Å². The summed E-state index contributed by atoms with van der Waals surface area (Å²) in [5, 5.41) is 1.16. The van der Waals surface area contributed by atoms with E-state index < -0.39 is 0 Å². The van der Waals surface area contributed by atoms with Gasteiger partial charge in [-0.1, -0.05) is 56.5 Å². The van der Waals surface area contributed by atoms with Crippen molar-refractivity contribution in [3.05, 3.63) is 0 Å². The van der Waals surface area contributed by atoms with Gasteiger partial charge in [0, 0.05) is 17.9 Å². The highest BCUT2D eigenvalue weighted by molar-refractivity contribution is 9.09. The second kappa shape index (κ2) is 8.17. The molecule has 20 heavy (non-hydrogen) atoms. The molecule has 0 aromatic carbocycles. The van der Waals surface area contributed by atoms with E-state index in [-0.39, 0.29) is 0 Å². The van der Waals surface area contributed by atoms with Crippen molar-refractivity contribution in [3.63, 3.8) is 0 Å². The van der Waals surface area contributed by atoms with Gasteiger partial charge < -0.3 is 4.90 Å². The maximum Gasteiger partial charge on any atom is 0.0100 e. The standard InChI is InChI=1S/C18H36BrN/c1-6-10-18(14-19,11-7-2)15-20(5)16-8-12-17(3,4)13-9-16/h16H,6-15H2,1-5H3. The van der Waals surface area contributed by atoms with Gasteiger partial charge >= 0.3 is 0 Å². The van der Waals surface area contributed by atoms with E-state index in [4.69, 9.17) is 0 Å². The van der Waals surface area contributed by atoms with Gasteiger partial charge in [0.15, 0.2) is 0 Å². The van der Waals surface area contributed by atoms with Crippen LogP contribution in [0.1, 0.15) is 79.1 Å². The van der Waals surface area contributed by atoms with Gasteiger partial charge in [-0.3, -0.25) is 0 Å². The maximum absolute atomic E-state index is 3.82. The highest BCUT2D eigenvalue weighted by Crippen LogP contribution is 2.39. The quantitative estimate of drug-likeness (QED) is 0.497. The van der Waals surface area contributed by atoms with Crippen molar-refractivity contribution in [2.75, 3.05) is 18.9 Å². The molecule has 0 spiro atoms. The van der Waals surface area contributed by atoms with Crippen LogP contribution in [0.25, 0.3) is 0 Å². The third-order valence-corrected chi connectivity index (χ3v) is 6.55. The summed E-state index contributed by atoms with van der Waals surface area (Å²) >= 11 is 3.82. The molecule has 0 heterocycles. The summed E-state index contributed by atoms with van der Waals surface area (Å²) in [6.07, 6.45) is 10.9. The molecule has 0 aromatic rings. The van der Waals surface area contributed by atoms with Crippen LogP contribution in [-0.4, -0.2) is 29.9 Å². The molecule has 0 saturated heterocycles. The summed E-state index contributed by atoms with van der Waals surface area (Å²) < 4.78 is 0. The maximum atomic E-state index is 3.82. The first-order valence-electron chi connectivity index (χ1n) is 8.64. The molecule has 1 fully saturated rings. The summed E-state index contributed by atoms with van der Waals surface area (Å²) in [6, 6.07) is 0.815. The van der Waals surface area contributed by atoms with Gasteiger partial charge in [-0.15, -0.1) is 0 Å². The second-order valence-corrected chi connectivity index (χ2v) is 8.50. The molecule has 0 aromatic heterocycles. The van der Waals surface area contributed by atoms with Crippen LogP contribution in [0.4, 0.5) is 0 Å². The third-order valence-electron chi connectivity index (χ3n) is 5.36. The van der Waals surface area contributed by atoms with Gasteiger partial charge in [-0.05, 0) is 56.4 Å². The Morgan fingerprint density at radius 2 is 1.60 bits per heavy atom. The molecular weight excluding hydrogens is 310 g/mol. The molecule has 0 radical (unpaired) electrons. The Morgan fingerprint density at radius 1 is 1.10 bits per heavy atom. The van der Waals surface area contributed by atoms with E-state index >= 15 is 0 Å². The molecule has 1 saturated carbocycles. The van der Waals surface area contributed by atoms with E-state index in [0.717, 1.165) is 11.4 Å². The summed E-state index contributed by atoms with van der Waals surface area (Å²) in [7, 11) is 2.37. The lowest BCUT2D eigenvalue weighted by molar-refractivity contribution is 0.0837. The Kier molecular flexibility index (Phi) is 7.56. The van der Waals surface area contributed by atoms with Crippen LogP contribution in [0.15, 0.2) is 0 Å². The minimum Gasteiger partial charge on any atom is -0.303 e. The van der Waals surface area contributed by atoms with Crippen molar-refractivity contribution in [2.45, 2.75) is 85.1 Å². The number of rotatable bonds is 8. The molecule has 0 amide bonds.